The number of hydrogen-bond donors (Lipinski definition) is 2. The van der Waals surface area contributed by atoms with Crippen LogP contribution in [0.4, 0.5) is 20.2 Å². The molecule has 1 aliphatic heterocycles. The number of nitrogens with two attached hydrogens (primary N) is 1. The molecular weight excluding hydrogens is 288 g/mol. The highest BCUT2D eigenvalue weighted by Crippen LogP contribution is 2.28. The Morgan fingerprint density at radius 1 is 1.35 bits per heavy atom. The molecule has 2 rings (SSSR count). The molecule has 1 aromatic rings. The predicted molar refractivity (Wildman–Crippen MR) is 73.3 cm³/mol. The minimum absolute atomic E-state index is 0.155. The summed E-state index contributed by atoms with van der Waals surface area (Å²) in [6, 6.07) is 1.79. The van der Waals surface area contributed by atoms with E-state index in [1.165, 1.54) is 4.31 Å². The molecule has 1 fully saturated rings. The average molecular weight is 305 g/mol. The lowest BCUT2D eigenvalue weighted by molar-refractivity contribution is 0.270. The summed E-state index contributed by atoms with van der Waals surface area (Å²) >= 11 is 0. The number of nitrogens with zero attached hydrogens (tertiary/aromatic N) is 1. The van der Waals surface area contributed by atoms with E-state index in [0.29, 0.717) is 6.54 Å². The molecule has 20 heavy (non-hydrogen) atoms. The molecule has 1 aromatic carbocycles. The van der Waals surface area contributed by atoms with Crippen LogP contribution in [0.1, 0.15) is 26.2 Å². The lowest BCUT2D eigenvalue weighted by atomic mass is 10.1. The highest BCUT2D eigenvalue weighted by atomic mass is 32.2. The van der Waals surface area contributed by atoms with Crippen LogP contribution in [0.5, 0.6) is 0 Å². The van der Waals surface area contributed by atoms with Gasteiger partial charge in [0.15, 0.2) is 11.6 Å². The molecule has 112 valence electrons. The van der Waals surface area contributed by atoms with Crippen molar-refractivity contribution >= 4 is 21.6 Å². The van der Waals surface area contributed by atoms with E-state index in [1.54, 1.807) is 6.92 Å². The molecule has 1 atom stereocenters. The molecular formula is C12H17F2N3O2S. The second kappa shape index (κ2) is 5.53. The topological polar surface area (TPSA) is 75.4 Å². The summed E-state index contributed by atoms with van der Waals surface area (Å²) in [7, 11) is -3.95. The van der Waals surface area contributed by atoms with Gasteiger partial charge in [0.2, 0.25) is 0 Å². The molecule has 5 nitrogen and oxygen atoms in total. The van der Waals surface area contributed by atoms with Crippen molar-refractivity contribution < 1.29 is 17.2 Å². The van der Waals surface area contributed by atoms with Crippen molar-refractivity contribution in [1.82, 2.24) is 4.31 Å². The van der Waals surface area contributed by atoms with Gasteiger partial charge < -0.3 is 5.73 Å². The number of halogens is 2. The number of benzene rings is 1. The van der Waals surface area contributed by atoms with E-state index in [2.05, 4.69) is 4.72 Å². The monoisotopic (exact) mass is 305 g/mol. The van der Waals surface area contributed by atoms with E-state index in [1.807, 2.05) is 0 Å². The van der Waals surface area contributed by atoms with Crippen LogP contribution in [0.25, 0.3) is 0 Å². The first-order valence-corrected chi connectivity index (χ1v) is 7.80. The van der Waals surface area contributed by atoms with Crippen molar-refractivity contribution in [2.45, 2.75) is 32.2 Å². The first-order valence-electron chi connectivity index (χ1n) is 6.36. The molecule has 0 spiro atoms. The SMILES string of the molecule is CC1CCCCN1S(=O)(=O)Nc1c(N)ccc(F)c1F. The van der Waals surface area contributed by atoms with Gasteiger partial charge in [-0.1, -0.05) is 6.42 Å². The van der Waals surface area contributed by atoms with Crippen molar-refractivity contribution in [3.8, 4) is 0 Å². The summed E-state index contributed by atoms with van der Waals surface area (Å²) < 4.78 is 54.6. The van der Waals surface area contributed by atoms with Crippen LogP contribution in [0.3, 0.4) is 0 Å². The Hall–Kier alpha value is -1.41. The van der Waals surface area contributed by atoms with Crippen LogP contribution >= 0.6 is 0 Å². The molecule has 1 aliphatic rings. The summed E-state index contributed by atoms with van der Waals surface area (Å²) in [4.78, 5) is 0. The van der Waals surface area contributed by atoms with Crippen LogP contribution < -0.4 is 10.5 Å². The maximum absolute atomic E-state index is 13.7. The second-order valence-corrected chi connectivity index (χ2v) is 6.51. The fourth-order valence-corrected chi connectivity index (χ4v) is 3.82. The maximum Gasteiger partial charge on any atom is 0.302 e. The van der Waals surface area contributed by atoms with Crippen LogP contribution in [-0.4, -0.2) is 25.3 Å². The van der Waals surface area contributed by atoms with E-state index in [4.69, 9.17) is 5.73 Å². The van der Waals surface area contributed by atoms with Gasteiger partial charge in [0.05, 0.1) is 5.69 Å². The predicted octanol–water partition coefficient (Wildman–Crippen LogP) is 2.08. The van der Waals surface area contributed by atoms with Crippen molar-refractivity contribution in [3.63, 3.8) is 0 Å². The molecule has 1 saturated heterocycles. The smallest absolute Gasteiger partial charge is 0.302 e. The number of nitrogen functional groups attached to an aromatic ring is 1. The Labute approximate surface area is 116 Å². The number of hydrogen-bond acceptors (Lipinski definition) is 3. The fraction of sp³-hybridized carbons (Fsp3) is 0.500. The molecule has 1 heterocycles. The Kier molecular flexibility index (Phi) is 4.14. The minimum atomic E-state index is -3.95. The van der Waals surface area contributed by atoms with Crippen molar-refractivity contribution in [3.05, 3.63) is 23.8 Å². The Morgan fingerprint density at radius 2 is 2.05 bits per heavy atom. The summed E-state index contributed by atoms with van der Waals surface area (Å²) in [5, 5.41) is 0. The van der Waals surface area contributed by atoms with Crippen molar-refractivity contribution in [1.29, 1.82) is 0 Å². The number of nitrogens with one attached hydrogen (secondary N) is 1. The van der Waals surface area contributed by atoms with Crippen LogP contribution in [0, 0.1) is 11.6 Å². The molecule has 0 aliphatic carbocycles. The average Bonchev–Trinajstić information content (AvgIpc) is 2.39. The maximum atomic E-state index is 13.7. The number of anilines is 2. The zero-order valence-electron chi connectivity index (χ0n) is 11.1. The molecule has 0 amide bonds. The second-order valence-electron chi connectivity index (χ2n) is 4.89. The van der Waals surface area contributed by atoms with Gasteiger partial charge in [0.25, 0.3) is 0 Å². The molecule has 0 bridgehead atoms. The zero-order chi connectivity index (χ0) is 14.9. The molecule has 1 unspecified atom stereocenters. The van der Waals surface area contributed by atoms with Gasteiger partial charge >= 0.3 is 10.2 Å². The van der Waals surface area contributed by atoms with Crippen LogP contribution in [0.15, 0.2) is 12.1 Å². The third-order valence-electron chi connectivity index (χ3n) is 3.41. The highest BCUT2D eigenvalue weighted by Gasteiger charge is 2.30. The lowest BCUT2D eigenvalue weighted by Crippen LogP contribution is -2.45. The van der Waals surface area contributed by atoms with Gasteiger partial charge in [-0.15, -0.1) is 0 Å². The normalized spacial score (nSPS) is 20.9. The summed E-state index contributed by atoms with van der Waals surface area (Å²) in [5.74, 6) is -2.44. The van der Waals surface area contributed by atoms with Gasteiger partial charge in [-0.25, -0.2) is 8.78 Å². The van der Waals surface area contributed by atoms with Gasteiger partial charge in [0.1, 0.15) is 5.69 Å². The van der Waals surface area contributed by atoms with E-state index in [-0.39, 0.29) is 11.7 Å². The van der Waals surface area contributed by atoms with Crippen molar-refractivity contribution in [2.75, 3.05) is 17.0 Å². The van der Waals surface area contributed by atoms with Gasteiger partial charge in [0, 0.05) is 12.6 Å². The largest absolute Gasteiger partial charge is 0.397 e. The molecule has 0 aromatic heterocycles. The minimum Gasteiger partial charge on any atom is -0.397 e. The van der Waals surface area contributed by atoms with Crippen molar-refractivity contribution in [2.24, 2.45) is 0 Å². The number of rotatable bonds is 3. The summed E-state index contributed by atoms with van der Waals surface area (Å²) in [5.41, 5.74) is 4.81. The first-order chi connectivity index (χ1) is 9.33. The standard InChI is InChI=1S/C12H17F2N3O2S/c1-8-4-2-3-7-17(8)20(18,19)16-12-10(15)6-5-9(13)11(12)14/h5-6,8,16H,2-4,7,15H2,1H3. The van der Waals surface area contributed by atoms with E-state index >= 15 is 0 Å². The molecule has 3 N–H and O–H groups in total. The Balaban J connectivity index is 2.31. The Bertz CT molecular complexity index is 607. The number of piperidine rings is 1. The Morgan fingerprint density at radius 3 is 2.70 bits per heavy atom. The molecule has 0 saturated carbocycles. The highest BCUT2D eigenvalue weighted by molar-refractivity contribution is 7.90. The molecule has 8 heteroatoms. The van der Waals surface area contributed by atoms with Gasteiger partial charge in [-0.2, -0.15) is 12.7 Å². The first kappa shape index (κ1) is 15.0. The van der Waals surface area contributed by atoms with Gasteiger partial charge in [-0.05, 0) is 31.9 Å². The van der Waals surface area contributed by atoms with E-state index in [9.17, 15) is 17.2 Å². The van der Waals surface area contributed by atoms with Gasteiger partial charge in [-0.3, -0.25) is 4.72 Å². The lowest BCUT2D eigenvalue weighted by Gasteiger charge is -2.32. The van der Waals surface area contributed by atoms with E-state index < -0.39 is 27.5 Å². The van der Waals surface area contributed by atoms with E-state index in [0.717, 1.165) is 31.4 Å². The van der Waals surface area contributed by atoms with Crippen LogP contribution in [-0.2, 0) is 10.2 Å². The fourth-order valence-electron chi connectivity index (χ4n) is 2.29. The zero-order valence-corrected chi connectivity index (χ0v) is 11.9. The summed E-state index contributed by atoms with van der Waals surface area (Å²) in [6.07, 6.45) is 2.43. The third kappa shape index (κ3) is 2.85. The quantitative estimate of drug-likeness (QED) is 0.840. The van der Waals surface area contributed by atoms with Crippen LogP contribution in [0.2, 0.25) is 0 Å². The third-order valence-corrected chi connectivity index (χ3v) is 5.03. The molecule has 0 radical (unpaired) electrons. The summed E-state index contributed by atoms with van der Waals surface area (Å²) in [6.45, 7) is 2.14.